The van der Waals surface area contributed by atoms with Gasteiger partial charge in [0.05, 0.1) is 0 Å². The number of nitrogens with one attached hydrogen (secondary N) is 1. The van der Waals surface area contributed by atoms with Crippen LogP contribution in [0.25, 0.3) is 34.7 Å². The molecule has 3 aromatic rings. The minimum absolute atomic E-state index is 0.578. The molecule has 0 amide bonds. The molecule has 3 aromatic carbocycles. The van der Waals surface area contributed by atoms with Gasteiger partial charge in [0, 0.05) is 23.5 Å². The lowest BCUT2D eigenvalue weighted by Gasteiger charge is -2.16. The van der Waals surface area contributed by atoms with Crippen molar-refractivity contribution in [3.63, 3.8) is 0 Å². The van der Waals surface area contributed by atoms with Crippen LogP contribution in [0.1, 0.15) is 12.5 Å². The molecule has 0 heterocycles. The molecule has 1 nitrogen and oxygen atoms in total. The fourth-order valence-electron chi connectivity index (χ4n) is 3.28. The van der Waals surface area contributed by atoms with Crippen LogP contribution in [0.5, 0.6) is 0 Å². The minimum Gasteiger partial charge on any atom is -0.383 e. The summed E-state index contributed by atoms with van der Waals surface area (Å²) in [6, 6.07) is 12.7. The predicted octanol–water partition coefficient (Wildman–Crippen LogP) is 4.03. The molecule has 0 aromatic heterocycles. The third-order valence-electron chi connectivity index (χ3n) is 4.24. The Balaban J connectivity index is 2.54. The number of aryl methyl sites for hydroxylation is 1. The monoisotopic (exact) mass is 309 g/mol. The van der Waals surface area contributed by atoms with Gasteiger partial charge in [-0.2, -0.15) is 0 Å². The molecule has 22 heavy (non-hydrogen) atoms. The second-order valence-corrected chi connectivity index (χ2v) is 5.87. The molecule has 3 rings (SSSR count). The van der Waals surface area contributed by atoms with Crippen LogP contribution in [-0.4, -0.2) is 12.4 Å². The van der Waals surface area contributed by atoms with Gasteiger partial charge in [0.15, 0.2) is 0 Å². The van der Waals surface area contributed by atoms with Gasteiger partial charge in [-0.25, -0.2) is 0 Å². The quantitative estimate of drug-likeness (QED) is 0.567. The maximum atomic E-state index is 5.84. The highest BCUT2D eigenvalue weighted by atomic mass is 35.5. The van der Waals surface area contributed by atoms with E-state index in [0.717, 1.165) is 29.1 Å². The van der Waals surface area contributed by atoms with E-state index in [0.29, 0.717) is 5.88 Å². The minimum atomic E-state index is 0.578. The number of alkyl halides is 1. The predicted molar refractivity (Wildman–Crippen MR) is 100 cm³/mol. The Morgan fingerprint density at radius 2 is 1.73 bits per heavy atom. The first kappa shape index (κ1) is 14.9. The van der Waals surface area contributed by atoms with Crippen molar-refractivity contribution in [3.8, 4) is 0 Å². The summed E-state index contributed by atoms with van der Waals surface area (Å²) in [5.41, 5.74) is 2.44. The van der Waals surface area contributed by atoms with Gasteiger partial charge in [0.2, 0.25) is 0 Å². The van der Waals surface area contributed by atoms with Crippen LogP contribution >= 0.6 is 11.6 Å². The first-order chi connectivity index (χ1) is 10.7. The summed E-state index contributed by atoms with van der Waals surface area (Å²) < 4.78 is 0. The Morgan fingerprint density at radius 1 is 1.00 bits per heavy atom. The molecule has 0 aliphatic heterocycles. The normalized spacial score (nSPS) is 11.2. The van der Waals surface area contributed by atoms with Crippen molar-refractivity contribution < 1.29 is 0 Å². The lowest BCUT2D eigenvalue weighted by molar-refractivity contribution is 1.17. The largest absolute Gasteiger partial charge is 0.383 e. The molecule has 0 aliphatic rings. The van der Waals surface area contributed by atoms with E-state index < -0.39 is 0 Å². The lowest BCUT2D eigenvalue weighted by atomic mass is 9.92. The molecule has 2 heteroatoms. The van der Waals surface area contributed by atoms with E-state index in [-0.39, 0.29) is 0 Å². The Kier molecular flexibility index (Phi) is 4.08. The molecule has 0 saturated carbocycles. The number of hydrogen-bond donors (Lipinski definition) is 1. The van der Waals surface area contributed by atoms with Crippen LogP contribution in [-0.2, 0) is 6.42 Å². The molecule has 0 unspecified atom stereocenters. The highest BCUT2D eigenvalue weighted by Crippen LogP contribution is 2.27. The number of hydrogen-bond acceptors (Lipinski definition) is 1. The Morgan fingerprint density at radius 3 is 2.41 bits per heavy atom. The summed E-state index contributed by atoms with van der Waals surface area (Å²) >= 11 is 5.84. The van der Waals surface area contributed by atoms with Crippen molar-refractivity contribution in [1.82, 2.24) is 0 Å². The molecular weight excluding hydrogens is 290 g/mol. The average Bonchev–Trinajstić information content (AvgIpc) is 2.55. The molecule has 0 bridgehead atoms. The fourth-order valence-corrected chi connectivity index (χ4v) is 3.37. The zero-order chi connectivity index (χ0) is 15.7. The van der Waals surface area contributed by atoms with Gasteiger partial charge >= 0.3 is 0 Å². The molecule has 1 N–H and O–H groups in total. The van der Waals surface area contributed by atoms with Crippen molar-refractivity contribution in [3.05, 3.63) is 52.4 Å². The Bertz CT molecular complexity index is 943. The van der Waals surface area contributed by atoms with E-state index in [1.54, 1.807) is 0 Å². The van der Waals surface area contributed by atoms with Crippen LogP contribution in [0.4, 0.5) is 5.69 Å². The molecule has 0 aliphatic carbocycles. The zero-order valence-electron chi connectivity index (χ0n) is 12.9. The molecule has 0 fully saturated rings. The summed E-state index contributed by atoms with van der Waals surface area (Å²) in [4.78, 5) is 0. The van der Waals surface area contributed by atoms with E-state index in [4.69, 9.17) is 11.6 Å². The van der Waals surface area contributed by atoms with Crippen LogP contribution in [0.3, 0.4) is 0 Å². The third kappa shape index (κ3) is 2.26. The van der Waals surface area contributed by atoms with Crippen LogP contribution in [0.15, 0.2) is 36.4 Å². The van der Waals surface area contributed by atoms with E-state index in [1.807, 2.05) is 0 Å². The molecule has 0 saturated heterocycles. The second-order valence-electron chi connectivity index (χ2n) is 5.49. The number of anilines is 1. The Labute approximate surface area is 135 Å². The number of halogens is 1. The SMILES string of the molecule is C=c1ccc(NCCCl)c2c(=C)c3ccccc3c(CC)c12. The summed E-state index contributed by atoms with van der Waals surface area (Å²) in [5, 5.41) is 10.4. The van der Waals surface area contributed by atoms with E-state index in [9.17, 15) is 0 Å². The molecule has 0 radical (unpaired) electrons. The van der Waals surface area contributed by atoms with Crippen LogP contribution < -0.4 is 15.8 Å². The molecular formula is C20H20ClN. The smallest absolute Gasteiger partial charge is 0.0426 e. The first-order valence-corrected chi connectivity index (χ1v) is 8.16. The van der Waals surface area contributed by atoms with E-state index in [1.165, 1.54) is 27.1 Å². The molecule has 0 spiro atoms. The third-order valence-corrected chi connectivity index (χ3v) is 4.42. The van der Waals surface area contributed by atoms with Gasteiger partial charge in [-0.15, -0.1) is 11.6 Å². The first-order valence-electron chi connectivity index (χ1n) is 7.63. The highest BCUT2D eigenvalue weighted by molar-refractivity contribution is 6.18. The van der Waals surface area contributed by atoms with Crippen molar-refractivity contribution in [1.29, 1.82) is 0 Å². The number of rotatable bonds is 4. The van der Waals surface area contributed by atoms with E-state index in [2.05, 4.69) is 61.8 Å². The standard InChI is InChI=1S/C20H20ClN/c1-4-15-17-8-6-5-7-16(17)14(3)20-18(22-12-11-21)10-9-13(2)19(15)20/h5-10,22H,2-4,11-12H2,1H3. The lowest BCUT2D eigenvalue weighted by Crippen LogP contribution is -2.15. The maximum absolute atomic E-state index is 5.84. The van der Waals surface area contributed by atoms with Gasteiger partial charge in [-0.3, -0.25) is 0 Å². The summed E-state index contributed by atoms with van der Waals surface area (Å²) in [6.07, 6.45) is 0.971. The Hall–Kier alpha value is -1.99. The van der Waals surface area contributed by atoms with Gasteiger partial charge in [-0.1, -0.05) is 50.4 Å². The van der Waals surface area contributed by atoms with Gasteiger partial charge in [0.25, 0.3) is 0 Å². The number of benzene rings is 3. The van der Waals surface area contributed by atoms with Crippen LogP contribution in [0, 0.1) is 0 Å². The maximum Gasteiger partial charge on any atom is 0.0426 e. The molecule has 0 atom stereocenters. The van der Waals surface area contributed by atoms with Crippen molar-refractivity contribution in [2.24, 2.45) is 0 Å². The zero-order valence-corrected chi connectivity index (χ0v) is 13.6. The number of fused-ring (bicyclic) bond motifs is 2. The van der Waals surface area contributed by atoms with E-state index >= 15 is 0 Å². The van der Waals surface area contributed by atoms with Crippen molar-refractivity contribution in [2.75, 3.05) is 17.7 Å². The fraction of sp³-hybridized carbons (Fsp3) is 0.200. The summed E-state index contributed by atoms with van der Waals surface area (Å²) in [6.45, 7) is 11.5. The van der Waals surface area contributed by atoms with Gasteiger partial charge in [0.1, 0.15) is 0 Å². The highest BCUT2D eigenvalue weighted by Gasteiger charge is 2.11. The average molecular weight is 310 g/mol. The second kappa shape index (κ2) is 6.02. The van der Waals surface area contributed by atoms with Crippen LogP contribution in [0.2, 0.25) is 0 Å². The molecule has 112 valence electrons. The topological polar surface area (TPSA) is 12.0 Å². The summed E-state index contributed by atoms with van der Waals surface area (Å²) in [5.74, 6) is 0.578. The van der Waals surface area contributed by atoms with Crippen molar-refractivity contribution in [2.45, 2.75) is 13.3 Å². The van der Waals surface area contributed by atoms with Crippen molar-refractivity contribution >= 4 is 52.0 Å². The van der Waals surface area contributed by atoms with Gasteiger partial charge in [-0.05, 0) is 44.6 Å². The summed E-state index contributed by atoms with van der Waals surface area (Å²) in [7, 11) is 0. The van der Waals surface area contributed by atoms with Gasteiger partial charge < -0.3 is 5.32 Å².